The van der Waals surface area contributed by atoms with Crippen LogP contribution in [0.5, 0.6) is 0 Å². The summed E-state index contributed by atoms with van der Waals surface area (Å²) in [7, 11) is 1.68. The molecule has 94 valence electrons. The summed E-state index contributed by atoms with van der Waals surface area (Å²) in [6.45, 7) is 3.35. The first-order valence-corrected chi connectivity index (χ1v) is 5.97. The number of benzene rings is 1. The molecule has 0 aliphatic carbocycles. The van der Waals surface area contributed by atoms with Crippen LogP contribution in [0.1, 0.15) is 16.1 Å². The molecule has 2 rings (SSSR count). The van der Waals surface area contributed by atoms with Crippen LogP contribution in [-0.4, -0.2) is 24.6 Å². The fourth-order valence-electron chi connectivity index (χ4n) is 2.10. The van der Waals surface area contributed by atoms with E-state index >= 15 is 0 Å². The Balaban J connectivity index is 2.48. The molecule has 0 aliphatic heterocycles. The van der Waals surface area contributed by atoms with Crippen molar-refractivity contribution in [3.63, 3.8) is 0 Å². The lowest BCUT2D eigenvalue weighted by molar-refractivity contribution is 0.112. The molecule has 2 aromatic rings. The second kappa shape index (κ2) is 5.65. The van der Waals surface area contributed by atoms with Crippen molar-refractivity contribution in [1.82, 2.24) is 4.57 Å². The van der Waals surface area contributed by atoms with Crippen LogP contribution in [0.15, 0.2) is 36.4 Å². The monoisotopic (exact) mass is 243 g/mol. The number of hydrogen-bond acceptors (Lipinski definition) is 2. The maximum atomic E-state index is 11.1. The van der Waals surface area contributed by atoms with E-state index in [9.17, 15) is 4.79 Å². The molecule has 0 fully saturated rings. The van der Waals surface area contributed by atoms with Crippen molar-refractivity contribution < 1.29 is 9.53 Å². The van der Waals surface area contributed by atoms with E-state index in [1.807, 2.05) is 43.3 Å². The topological polar surface area (TPSA) is 31.2 Å². The molecule has 0 spiro atoms. The van der Waals surface area contributed by atoms with Crippen LogP contribution in [0.2, 0.25) is 0 Å². The van der Waals surface area contributed by atoms with E-state index in [0.717, 1.165) is 35.3 Å². The van der Waals surface area contributed by atoms with E-state index in [2.05, 4.69) is 4.57 Å². The van der Waals surface area contributed by atoms with Crippen molar-refractivity contribution in [2.24, 2.45) is 0 Å². The van der Waals surface area contributed by atoms with Gasteiger partial charge in [-0.25, -0.2) is 0 Å². The molecule has 0 unspecified atom stereocenters. The number of aromatic nitrogens is 1. The highest BCUT2D eigenvalue weighted by Crippen LogP contribution is 2.24. The van der Waals surface area contributed by atoms with Crippen molar-refractivity contribution in [3.8, 4) is 11.3 Å². The van der Waals surface area contributed by atoms with Gasteiger partial charge in [-0.15, -0.1) is 0 Å². The van der Waals surface area contributed by atoms with Crippen LogP contribution < -0.4 is 0 Å². The Morgan fingerprint density at radius 2 is 2.00 bits per heavy atom. The third-order valence-corrected chi connectivity index (χ3v) is 3.12. The maximum Gasteiger partial charge on any atom is 0.151 e. The van der Waals surface area contributed by atoms with Gasteiger partial charge in [-0.05, 0) is 18.6 Å². The van der Waals surface area contributed by atoms with E-state index < -0.39 is 0 Å². The smallest absolute Gasteiger partial charge is 0.151 e. The van der Waals surface area contributed by atoms with Gasteiger partial charge in [0.1, 0.15) is 0 Å². The second-order valence-electron chi connectivity index (χ2n) is 4.20. The van der Waals surface area contributed by atoms with Crippen LogP contribution in [0.3, 0.4) is 0 Å². The number of aldehydes is 1. The molecular weight excluding hydrogens is 226 g/mol. The van der Waals surface area contributed by atoms with Crippen molar-refractivity contribution in [2.75, 3.05) is 13.7 Å². The van der Waals surface area contributed by atoms with Gasteiger partial charge in [0.15, 0.2) is 6.29 Å². The third kappa shape index (κ3) is 2.36. The minimum absolute atomic E-state index is 0.633. The standard InChI is InChI=1S/C15H17NO2/c1-12-14(11-17)10-15(16(12)8-9-18-2)13-6-4-3-5-7-13/h3-7,10-11H,8-9H2,1-2H3. The van der Waals surface area contributed by atoms with Crippen LogP contribution in [0, 0.1) is 6.92 Å². The summed E-state index contributed by atoms with van der Waals surface area (Å²) in [6, 6.07) is 12.0. The fourth-order valence-corrected chi connectivity index (χ4v) is 2.10. The maximum absolute atomic E-state index is 11.1. The largest absolute Gasteiger partial charge is 0.383 e. The Morgan fingerprint density at radius 3 is 2.61 bits per heavy atom. The number of hydrogen-bond donors (Lipinski definition) is 0. The number of rotatable bonds is 5. The molecule has 0 atom stereocenters. The Kier molecular flexibility index (Phi) is 3.95. The molecule has 0 saturated carbocycles. The molecule has 3 nitrogen and oxygen atoms in total. The zero-order valence-electron chi connectivity index (χ0n) is 10.7. The van der Waals surface area contributed by atoms with Gasteiger partial charge in [-0.1, -0.05) is 30.3 Å². The van der Waals surface area contributed by atoms with Gasteiger partial charge in [0, 0.05) is 30.6 Å². The van der Waals surface area contributed by atoms with Gasteiger partial charge in [-0.2, -0.15) is 0 Å². The molecule has 1 heterocycles. The highest BCUT2D eigenvalue weighted by atomic mass is 16.5. The Bertz CT molecular complexity index is 529. The summed E-state index contributed by atoms with van der Waals surface area (Å²) < 4.78 is 7.25. The molecule has 0 saturated heterocycles. The number of carbonyl (C=O) groups is 1. The molecule has 18 heavy (non-hydrogen) atoms. The van der Waals surface area contributed by atoms with Crippen LogP contribution >= 0.6 is 0 Å². The minimum Gasteiger partial charge on any atom is -0.383 e. The van der Waals surface area contributed by atoms with E-state index in [1.54, 1.807) is 7.11 Å². The highest BCUT2D eigenvalue weighted by Gasteiger charge is 2.12. The molecule has 0 N–H and O–H groups in total. The first kappa shape index (κ1) is 12.6. The predicted molar refractivity (Wildman–Crippen MR) is 71.9 cm³/mol. The van der Waals surface area contributed by atoms with Gasteiger partial charge in [-0.3, -0.25) is 4.79 Å². The number of nitrogens with zero attached hydrogens (tertiary/aromatic N) is 1. The summed E-state index contributed by atoms with van der Waals surface area (Å²) in [4.78, 5) is 11.1. The van der Waals surface area contributed by atoms with Crippen molar-refractivity contribution in [3.05, 3.63) is 47.7 Å². The molecule has 0 bridgehead atoms. The van der Waals surface area contributed by atoms with E-state index in [4.69, 9.17) is 4.74 Å². The summed E-state index contributed by atoms with van der Waals surface area (Å²) >= 11 is 0. The van der Waals surface area contributed by atoms with Gasteiger partial charge in [0.05, 0.1) is 6.61 Å². The normalized spacial score (nSPS) is 10.6. The summed E-state index contributed by atoms with van der Waals surface area (Å²) in [6.07, 6.45) is 0.908. The van der Waals surface area contributed by atoms with Crippen molar-refractivity contribution >= 4 is 6.29 Å². The molecule has 0 amide bonds. The van der Waals surface area contributed by atoms with Gasteiger partial charge in [0.2, 0.25) is 0 Å². The van der Waals surface area contributed by atoms with Gasteiger partial charge < -0.3 is 9.30 Å². The van der Waals surface area contributed by atoms with E-state index in [1.165, 1.54) is 0 Å². The molecule has 3 heteroatoms. The predicted octanol–water partition coefficient (Wildman–Crippen LogP) is 2.92. The highest BCUT2D eigenvalue weighted by molar-refractivity contribution is 5.80. The SMILES string of the molecule is COCCn1c(-c2ccccc2)cc(C=O)c1C. The lowest BCUT2D eigenvalue weighted by Gasteiger charge is -2.11. The number of methoxy groups -OCH3 is 1. The van der Waals surface area contributed by atoms with E-state index in [0.29, 0.717) is 6.61 Å². The zero-order chi connectivity index (χ0) is 13.0. The minimum atomic E-state index is 0.633. The molecule has 1 aromatic heterocycles. The first-order chi connectivity index (χ1) is 8.77. The second-order valence-corrected chi connectivity index (χ2v) is 4.20. The fraction of sp³-hybridized carbons (Fsp3) is 0.267. The number of ether oxygens (including phenoxy) is 1. The lowest BCUT2D eigenvalue weighted by Crippen LogP contribution is -2.07. The number of carbonyl (C=O) groups excluding carboxylic acids is 1. The Morgan fingerprint density at radius 1 is 1.28 bits per heavy atom. The van der Waals surface area contributed by atoms with Gasteiger partial charge in [0.25, 0.3) is 0 Å². The van der Waals surface area contributed by atoms with Crippen LogP contribution in [-0.2, 0) is 11.3 Å². The molecule has 1 aromatic carbocycles. The first-order valence-electron chi connectivity index (χ1n) is 5.97. The van der Waals surface area contributed by atoms with Crippen LogP contribution in [0.25, 0.3) is 11.3 Å². The Hall–Kier alpha value is -1.87. The van der Waals surface area contributed by atoms with E-state index in [-0.39, 0.29) is 0 Å². The quantitative estimate of drug-likeness (QED) is 0.756. The third-order valence-electron chi connectivity index (χ3n) is 3.12. The molecule has 0 radical (unpaired) electrons. The van der Waals surface area contributed by atoms with Gasteiger partial charge >= 0.3 is 0 Å². The average molecular weight is 243 g/mol. The summed E-state index contributed by atoms with van der Waals surface area (Å²) in [5.41, 5.74) is 3.91. The summed E-state index contributed by atoms with van der Waals surface area (Å²) in [5, 5.41) is 0. The van der Waals surface area contributed by atoms with Crippen molar-refractivity contribution in [2.45, 2.75) is 13.5 Å². The lowest BCUT2D eigenvalue weighted by atomic mass is 10.1. The molecule has 0 aliphatic rings. The van der Waals surface area contributed by atoms with Crippen LogP contribution in [0.4, 0.5) is 0 Å². The summed E-state index contributed by atoms with van der Waals surface area (Å²) in [5.74, 6) is 0. The van der Waals surface area contributed by atoms with Crippen molar-refractivity contribution in [1.29, 1.82) is 0 Å². The molecular formula is C15H17NO2. The zero-order valence-corrected chi connectivity index (χ0v) is 10.7. The average Bonchev–Trinajstić information content (AvgIpc) is 2.74. The Labute approximate surface area is 107 Å².